The van der Waals surface area contributed by atoms with Crippen LogP contribution in [0.25, 0.3) is 0 Å². The summed E-state index contributed by atoms with van der Waals surface area (Å²) in [7, 11) is 0. The first-order chi connectivity index (χ1) is 11.0. The number of piperidine rings is 1. The highest BCUT2D eigenvalue weighted by molar-refractivity contribution is 5.92. The van der Waals surface area contributed by atoms with Crippen LogP contribution in [0.15, 0.2) is 6.07 Å². The predicted octanol–water partition coefficient (Wildman–Crippen LogP) is 1.90. The van der Waals surface area contributed by atoms with E-state index in [1.165, 1.54) is 0 Å². The molecule has 3 rings (SSSR count). The van der Waals surface area contributed by atoms with Crippen molar-refractivity contribution in [2.24, 2.45) is 0 Å². The van der Waals surface area contributed by atoms with Gasteiger partial charge in [0.25, 0.3) is 5.91 Å². The molecule has 0 saturated carbocycles. The molecule has 0 radical (unpaired) electrons. The van der Waals surface area contributed by atoms with Crippen LogP contribution >= 0.6 is 0 Å². The topological polar surface area (TPSA) is 68.8 Å². The van der Waals surface area contributed by atoms with Crippen molar-refractivity contribution in [3.05, 3.63) is 29.1 Å². The van der Waals surface area contributed by atoms with E-state index in [1.54, 1.807) is 4.68 Å². The van der Waals surface area contributed by atoms with Crippen molar-refractivity contribution in [3.63, 3.8) is 0 Å². The van der Waals surface area contributed by atoms with Crippen LogP contribution in [0.1, 0.15) is 53.6 Å². The Morgan fingerprint density at radius 1 is 1.30 bits per heavy atom. The average molecular weight is 316 g/mol. The van der Waals surface area contributed by atoms with Crippen molar-refractivity contribution in [1.82, 2.24) is 29.4 Å². The number of hydrogen-bond donors (Lipinski definition) is 0. The van der Waals surface area contributed by atoms with Crippen LogP contribution in [0, 0.1) is 20.8 Å². The first-order valence-electron chi connectivity index (χ1n) is 8.23. The van der Waals surface area contributed by atoms with E-state index in [0.29, 0.717) is 18.8 Å². The third-order valence-electron chi connectivity index (χ3n) is 4.36. The number of likely N-dealkylation sites (tertiary alicyclic amines) is 1. The minimum Gasteiger partial charge on any atom is -0.335 e. The monoisotopic (exact) mass is 316 g/mol. The van der Waals surface area contributed by atoms with Crippen LogP contribution in [0.3, 0.4) is 0 Å². The lowest BCUT2D eigenvalue weighted by atomic mass is 10.1. The molecule has 1 saturated heterocycles. The van der Waals surface area contributed by atoms with E-state index in [2.05, 4.69) is 15.2 Å². The summed E-state index contributed by atoms with van der Waals surface area (Å²) in [6.07, 6.45) is 2.01. The van der Waals surface area contributed by atoms with Gasteiger partial charge in [-0.05, 0) is 46.6 Å². The number of amides is 1. The molecule has 1 atom stereocenters. The van der Waals surface area contributed by atoms with Gasteiger partial charge in [-0.25, -0.2) is 9.67 Å². The molecule has 0 bridgehead atoms. The predicted molar refractivity (Wildman–Crippen MR) is 86.3 cm³/mol. The van der Waals surface area contributed by atoms with Gasteiger partial charge in [-0.15, -0.1) is 0 Å². The first-order valence-corrected chi connectivity index (χ1v) is 8.23. The van der Waals surface area contributed by atoms with E-state index in [4.69, 9.17) is 0 Å². The van der Waals surface area contributed by atoms with Gasteiger partial charge in [-0.1, -0.05) is 0 Å². The Morgan fingerprint density at radius 2 is 2.09 bits per heavy atom. The highest BCUT2D eigenvalue weighted by Gasteiger charge is 2.28. The zero-order valence-electron chi connectivity index (χ0n) is 14.3. The maximum atomic E-state index is 12.9. The van der Waals surface area contributed by atoms with Gasteiger partial charge in [0, 0.05) is 19.6 Å². The van der Waals surface area contributed by atoms with Crippen molar-refractivity contribution >= 4 is 5.91 Å². The lowest BCUT2D eigenvalue weighted by Crippen LogP contribution is -2.42. The Morgan fingerprint density at radius 3 is 2.74 bits per heavy atom. The van der Waals surface area contributed by atoms with Crippen molar-refractivity contribution in [2.75, 3.05) is 13.1 Å². The normalized spacial score (nSPS) is 18.4. The van der Waals surface area contributed by atoms with E-state index in [0.717, 1.165) is 36.7 Å². The Hall–Kier alpha value is -2.18. The first kappa shape index (κ1) is 15.7. The molecule has 3 heterocycles. The minimum absolute atomic E-state index is 0.0617. The van der Waals surface area contributed by atoms with Crippen LogP contribution in [0.4, 0.5) is 0 Å². The molecule has 124 valence electrons. The molecule has 7 nitrogen and oxygen atoms in total. The molecule has 2 aromatic rings. The van der Waals surface area contributed by atoms with Crippen molar-refractivity contribution in [1.29, 1.82) is 0 Å². The summed E-state index contributed by atoms with van der Waals surface area (Å²) >= 11 is 0. The number of rotatable bonds is 3. The van der Waals surface area contributed by atoms with E-state index < -0.39 is 0 Å². The Balaban J connectivity index is 1.80. The highest BCUT2D eigenvalue weighted by Crippen LogP contribution is 2.23. The molecule has 1 fully saturated rings. The van der Waals surface area contributed by atoms with Gasteiger partial charge < -0.3 is 4.90 Å². The van der Waals surface area contributed by atoms with Crippen LogP contribution in [-0.2, 0) is 6.54 Å². The summed E-state index contributed by atoms with van der Waals surface area (Å²) in [6, 6.07) is 2.08. The van der Waals surface area contributed by atoms with Gasteiger partial charge in [-0.2, -0.15) is 10.2 Å². The number of aryl methyl sites for hydroxylation is 4. The van der Waals surface area contributed by atoms with Gasteiger partial charge in [0.2, 0.25) is 0 Å². The summed E-state index contributed by atoms with van der Waals surface area (Å²) in [5, 5.41) is 8.87. The molecule has 1 unspecified atom stereocenters. The molecule has 0 aliphatic carbocycles. The summed E-state index contributed by atoms with van der Waals surface area (Å²) in [6.45, 7) is 9.96. The fourth-order valence-electron chi connectivity index (χ4n) is 3.34. The Bertz CT molecular complexity index is 716. The lowest BCUT2D eigenvalue weighted by molar-refractivity contribution is 0.0658. The summed E-state index contributed by atoms with van der Waals surface area (Å²) in [4.78, 5) is 19.2. The van der Waals surface area contributed by atoms with Crippen molar-refractivity contribution in [2.45, 2.75) is 53.1 Å². The molecule has 1 amide bonds. The second-order valence-electron chi connectivity index (χ2n) is 6.18. The summed E-state index contributed by atoms with van der Waals surface area (Å²) in [5.74, 6) is 1.76. The SMILES string of the molecule is CCn1nc(C)cc1C(=O)N1CCCC(n2nc(C)nc2C)C1. The van der Waals surface area contributed by atoms with E-state index >= 15 is 0 Å². The number of aromatic nitrogens is 5. The van der Waals surface area contributed by atoms with E-state index in [9.17, 15) is 4.79 Å². The molecular weight excluding hydrogens is 292 g/mol. The van der Waals surface area contributed by atoms with Crippen LogP contribution in [-0.4, -0.2) is 48.4 Å². The van der Waals surface area contributed by atoms with Crippen molar-refractivity contribution < 1.29 is 4.79 Å². The molecular formula is C16H24N6O. The smallest absolute Gasteiger partial charge is 0.272 e. The molecule has 0 N–H and O–H groups in total. The Labute approximate surface area is 136 Å². The number of carbonyl (C=O) groups excluding carboxylic acids is 1. The molecule has 0 spiro atoms. The molecule has 0 aromatic carbocycles. The quantitative estimate of drug-likeness (QED) is 0.867. The number of carbonyl (C=O) groups is 1. The van der Waals surface area contributed by atoms with Gasteiger partial charge in [-0.3, -0.25) is 9.48 Å². The van der Waals surface area contributed by atoms with E-state index in [-0.39, 0.29) is 11.9 Å². The highest BCUT2D eigenvalue weighted by atomic mass is 16.2. The number of hydrogen-bond acceptors (Lipinski definition) is 4. The minimum atomic E-state index is 0.0617. The fourth-order valence-corrected chi connectivity index (χ4v) is 3.34. The molecule has 1 aliphatic rings. The van der Waals surface area contributed by atoms with Gasteiger partial charge in [0.05, 0.1) is 11.7 Å². The molecule has 7 heteroatoms. The zero-order chi connectivity index (χ0) is 16.6. The number of nitrogens with zero attached hydrogens (tertiary/aromatic N) is 6. The van der Waals surface area contributed by atoms with Crippen LogP contribution in [0.5, 0.6) is 0 Å². The van der Waals surface area contributed by atoms with Gasteiger partial charge in [0.1, 0.15) is 17.3 Å². The van der Waals surface area contributed by atoms with E-state index in [1.807, 2.05) is 43.3 Å². The second kappa shape index (κ2) is 6.14. The molecule has 23 heavy (non-hydrogen) atoms. The average Bonchev–Trinajstić information content (AvgIpc) is 3.08. The van der Waals surface area contributed by atoms with Crippen molar-refractivity contribution in [3.8, 4) is 0 Å². The third-order valence-corrected chi connectivity index (χ3v) is 4.36. The van der Waals surface area contributed by atoms with Crippen LogP contribution < -0.4 is 0 Å². The van der Waals surface area contributed by atoms with Gasteiger partial charge >= 0.3 is 0 Å². The van der Waals surface area contributed by atoms with Crippen LogP contribution in [0.2, 0.25) is 0 Å². The second-order valence-corrected chi connectivity index (χ2v) is 6.18. The standard InChI is InChI=1S/C16H24N6O/c1-5-21-15(9-11(2)18-21)16(23)20-8-6-7-14(10-20)22-13(4)17-12(3)19-22/h9,14H,5-8,10H2,1-4H3. The third kappa shape index (κ3) is 3.00. The fraction of sp³-hybridized carbons (Fsp3) is 0.625. The molecule has 1 aliphatic heterocycles. The zero-order valence-corrected chi connectivity index (χ0v) is 14.3. The lowest BCUT2D eigenvalue weighted by Gasteiger charge is -2.33. The summed E-state index contributed by atoms with van der Waals surface area (Å²) in [5.41, 5.74) is 1.56. The summed E-state index contributed by atoms with van der Waals surface area (Å²) < 4.78 is 3.75. The maximum Gasteiger partial charge on any atom is 0.272 e. The largest absolute Gasteiger partial charge is 0.335 e. The maximum absolute atomic E-state index is 12.9. The molecule has 2 aromatic heterocycles. The van der Waals surface area contributed by atoms with Gasteiger partial charge in [0.15, 0.2) is 0 Å². The Kier molecular flexibility index (Phi) is 4.19.